The van der Waals surface area contributed by atoms with E-state index in [0.717, 1.165) is 5.56 Å². The predicted octanol–water partition coefficient (Wildman–Crippen LogP) is 3.47. The van der Waals surface area contributed by atoms with E-state index >= 15 is 0 Å². The van der Waals surface area contributed by atoms with E-state index in [-0.39, 0.29) is 11.8 Å². The molecule has 2 atom stereocenters. The van der Waals surface area contributed by atoms with Crippen LogP contribution in [-0.2, 0) is 14.3 Å². The van der Waals surface area contributed by atoms with Gasteiger partial charge in [0.1, 0.15) is 11.6 Å². The number of aryl methyl sites for hydroxylation is 1. The molecule has 0 radical (unpaired) electrons. The van der Waals surface area contributed by atoms with E-state index in [1.54, 1.807) is 26.2 Å². The van der Waals surface area contributed by atoms with Crippen LogP contribution < -0.4 is 5.32 Å². The summed E-state index contributed by atoms with van der Waals surface area (Å²) in [6, 6.07) is 7.62. The maximum absolute atomic E-state index is 13.1. The Labute approximate surface area is 174 Å². The Morgan fingerprint density at radius 3 is 2.48 bits per heavy atom. The minimum atomic E-state index is -0.840. The normalized spacial score (nSPS) is 17.9. The van der Waals surface area contributed by atoms with Crippen molar-refractivity contribution in [2.24, 2.45) is 0 Å². The van der Waals surface area contributed by atoms with Crippen LogP contribution in [0.25, 0.3) is 0 Å². The lowest BCUT2D eigenvalue weighted by Gasteiger charge is -2.30. The number of thiophene rings is 1. The zero-order chi connectivity index (χ0) is 21.2. The lowest BCUT2D eigenvalue weighted by Crippen LogP contribution is -2.45. The van der Waals surface area contributed by atoms with E-state index in [9.17, 15) is 14.4 Å². The quantitative estimate of drug-likeness (QED) is 0.760. The number of nitrogens with one attached hydrogen (secondary N) is 1. The Balaban J connectivity index is 1.80. The van der Waals surface area contributed by atoms with Gasteiger partial charge in [0.15, 0.2) is 6.04 Å². The molecule has 1 saturated heterocycles. The Kier molecular flexibility index (Phi) is 6.07. The topological polar surface area (TPSA) is 75.7 Å². The monoisotopic (exact) mass is 414 g/mol. The molecule has 154 valence electrons. The Bertz CT molecular complexity index is 901. The number of benzene rings is 1. The number of carbonyl (C=O) groups excluding carboxylic acids is 3. The van der Waals surface area contributed by atoms with Crippen LogP contribution in [0.15, 0.2) is 41.1 Å². The van der Waals surface area contributed by atoms with Gasteiger partial charge in [0.05, 0.1) is 5.56 Å². The van der Waals surface area contributed by atoms with Crippen LogP contribution in [-0.4, -0.2) is 40.9 Å². The van der Waals surface area contributed by atoms with Crippen molar-refractivity contribution >= 4 is 29.1 Å². The van der Waals surface area contributed by atoms with Crippen LogP contribution in [0.2, 0.25) is 0 Å². The van der Waals surface area contributed by atoms with E-state index in [2.05, 4.69) is 5.32 Å². The number of esters is 1. The first-order valence-electron chi connectivity index (χ1n) is 9.59. The zero-order valence-corrected chi connectivity index (χ0v) is 17.9. The molecule has 29 heavy (non-hydrogen) atoms. The van der Waals surface area contributed by atoms with Gasteiger partial charge in [-0.05, 0) is 50.6 Å². The number of ether oxygens (including phenoxy) is 1. The summed E-state index contributed by atoms with van der Waals surface area (Å²) in [6.07, 6.45) is 0.444. The Morgan fingerprint density at radius 1 is 1.21 bits per heavy atom. The van der Waals surface area contributed by atoms with Crippen LogP contribution >= 0.6 is 11.3 Å². The molecule has 2 heterocycles. The fraction of sp³-hybridized carbons (Fsp3) is 0.409. The third kappa shape index (κ3) is 4.85. The molecule has 3 rings (SSSR count). The molecule has 1 fully saturated rings. The molecule has 0 spiro atoms. The van der Waals surface area contributed by atoms with Crippen molar-refractivity contribution in [3.8, 4) is 0 Å². The van der Waals surface area contributed by atoms with Gasteiger partial charge in [0.2, 0.25) is 5.91 Å². The molecular formula is C22H26N2O4S. The van der Waals surface area contributed by atoms with E-state index in [1.807, 2.05) is 42.6 Å². The molecule has 2 aromatic rings. The molecule has 7 heteroatoms. The molecule has 2 amide bonds. The van der Waals surface area contributed by atoms with Crippen LogP contribution in [0.3, 0.4) is 0 Å². The van der Waals surface area contributed by atoms with E-state index in [0.29, 0.717) is 24.1 Å². The number of hydrogen-bond acceptors (Lipinski definition) is 5. The van der Waals surface area contributed by atoms with Crippen molar-refractivity contribution in [1.82, 2.24) is 10.2 Å². The highest BCUT2D eigenvalue weighted by molar-refractivity contribution is 7.08. The third-order valence-electron chi connectivity index (χ3n) is 4.70. The van der Waals surface area contributed by atoms with E-state index in [4.69, 9.17) is 4.74 Å². The zero-order valence-electron chi connectivity index (χ0n) is 17.1. The van der Waals surface area contributed by atoms with Crippen molar-refractivity contribution < 1.29 is 19.1 Å². The first-order valence-corrected chi connectivity index (χ1v) is 10.5. The van der Waals surface area contributed by atoms with Gasteiger partial charge in [0.25, 0.3) is 5.91 Å². The summed E-state index contributed by atoms with van der Waals surface area (Å²) >= 11 is 1.45. The lowest BCUT2D eigenvalue weighted by atomic mass is 10.0. The number of amides is 2. The highest BCUT2D eigenvalue weighted by atomic mass is 32.1. The van der Waals surface area contributed by atoms with Gasteiger partial charge < -0.3 is 15.0 Å². The van der Waals surface area contributed by atoms with Gasteiger partial charge in [-0.1, -0.05) is 30.3 Å². The van der Waals surface area contributed by atoms with Gasteiger partial charge in [0, 0.05) is 11.9 Å². The summed E-state index contributed by atoms with van der Waals surface area (Å²) in [7, 11) is 0. The highest BCUT2D eigenvalue weighted by Crippen LogP contribution is 2.29. The fourth-order valence-electron chi connectivity index (χ4n) is 3.36. The van der Waals surface area contributed by atoms with Crippen molar-refractivity contribution in [1.29, 1.82) is 0 Å². The largest absolute Gasteiger partial charge is 0.458 e. The smallest absolute Gasteiger partial charge is 0.334 e. The molecule has 1 aromatic heterocycles. The second kappa shape index (κ2) is 8.37. The second-order valence-electron chi connectivity index (χ2n) is 8.16. The molecular weight excluding hydrogens is 388 g/mol. The molecule has 1 aromatic carbocycles. The predicted molar refractivity (Wildman–Crippen MR) is 112 cm³/mol. The van der Waals surface area contributed by atoms with Crippen LogP contribution in [0.4, 0.5) is 0 Å². The van der Waals surface area contributed by atoms with Gasteiger partial charge in [-0.3, -0.25) is 9.59 Å². The number of rotatable bonds is 5. The number of nitrogens with zero attached hydrogens (tertiary/aromatic N) is 1. The van der Waals surface area contributed by atoms with Gasteiger partial charge in [-0.25, -0.2) is 4.79 Å². The van der Waals surface area contributed by atoms with Crippen LogP contribution in [0.5, 0.6) is 0 Å². The molecule has 1 aliphatic rings. The average molecular weight is 415 g/mol. The molecule has 1 aliphatic heterocycles. The van der Waals surface area contributed by atoms with E-state index < -0.39 is 23.7 Å². The molecule has 0 bridgehead atoms. The number of carbonyl (C=O) groups is 3. The average Bonchev–Trinajstić information content (AvgIpc) is 3.22. The van der Waals surface area contributed by atoms with Crippen LogP contribution in [0, 0.1) is 6.92 Å². The minimum absolute atomic E-state index is 0.266. The number of likely N-dealkylation sites (tertiary alicyclic amines) is 1. The molecule has 0 aliphatic carbocycles. The fourth-order valence-corrected chi connectivity index (χ4v) is 4.19. The van der Waals surface area contributed by atoms with Crippen molar-refractivity contribution in [3.05, 3.63) is 57.8 Å². The van der Waals surface area contributed by atoms with Crippen molar-refractivity contribution in [2.75, 3.05) is 6.54 Å². The molecule has 6 nitrogen and oxygen atoms in total. The van der Waals surface area contributed by atoms with Crippen molar-refractivity contribution in [2.45, 2.75) is 51.8 Å². The highest BCUT2D eigenvalue weighted by Gasteiger charge is 2.42. The molecule has 0 unspecified atom stereocenters. The maximum atomic E-state index is 13.1. The Morgan fingerprint density at radius 2 is 1.90 bits per heavy atom. The number of hydrogen-bond donors (Lipinski definition) is 1. The summed E-state index contributed by atoms with van der Waals surface area (Å²) in [5, 5.41) is 6.49. The Hall–Kier alpha value is -2.67. The SMILES string of the molecule is Cc1cscc1C(=O)N[C@@H]1CCN([C@H](C(=O)OC(C)(C)C)c2ccccc2)C1=O. The van der Waals surface area contributed by atoms with Crippen molar-refractivity contribution in [3.63, 3.8) is 0 Å². The van der Waals surface area contributed by atoms with Crippen LogP contribution in [0.1, 0.15) is 54.7 Å². The second-order valence-corrected chi connectivity index (χ2v) is 8.91. The van der Waals surface area contributed by atoms with Gasteiger partial charge >= 0.3 is 5.97 Å². The lowest BCUT2D eigenvalue weighted by molar-refractivity contribution is -0.164. The minimum Gasteiger partial charge on any atom is -0.458 e. The summed E-state index contributed by atoms with van der Waals surface area (Å²) in [5.41, 5.74) is 1.48. The summed E-state index contributed by atoms with van der Waals surface area (Å²) in [6.45, 7) is 7.62. The summed E-state index contributed by atoms with van der Waals surface area (Å²) < 4.78 is 5.59. The molecule has 1 N–H and O–H groups in total. The summed E-state index contributed by atoms with van der Waals surface area (Å²) in [4.78, 5) is 40.1. The third-order valence-corrected chi connectivity index (χ3v) is 5.56. The van der Waals surface area contributed by atoms with Gasteiger partial charge in [-0.2, -0.15) is 11.3 Å². The molecule has 0 saturated carbocycles. The first kappa shape index (κ1) is 21.0. The maximum Gasteiger partial charge on any atom is 0.334 e. The standard InChI is InChI=1S/C22H26N2O4S/c1-14-12-29-13-16(14)19(25)23-17-10-11-24(20(17)26)18(15-8-6-5-7-9-15)21(27)28-22(2,3)4/h5-9,12-13,17-18H,10-11H2,1-4H3,(H,23,25)/t17-,18+/m1/s1. The summed E-state index contributed by atoms with van der Waals surface area (Å²) in [5.74, 6) is -1.01. The van der Waals surface area contributed by atoms with E-state index in [1.165, 1.54) is 16.2 Å². The van der Waals surface area contributed by atoms with Gasteiger partial charge in [-0.15, -0.1) is 0 Å². The first-order chi connectivity index (χ1) is 13.7.